The number of carbonyl (C=O) groups is 1. The highest BCUT2D eigenvalue weighted by molar-refractivity contribution is 5.98. The van der Waals surface area contributed by atoms with Gasteiger partial charge < -0.3 is 15.2 Å². The Balaban J connectivity index is 2.12. The third-order valence-corrected chi connectivity index (χ3v) is 3.86. The van der Waals surface area contributed by atoms with Gasteiger partial charge in [-0.2, -0.15) is 0 Å². The molecule has 1 aromatic rings. The minimum atomic E-state index is -0.580. The van der Waals surface area contributed by atoms with Gasteiger partial charge in [-0.15, -0.1) is 0 Å². The Morgan fingerprint density at radius 2 is 2.24 bits per heavy atom. The minimum Gasteiger partial charge on any atom is -0.490 e. The van der Waals surface area contributed by atoms with Gasteiger partial charge in [-0.1, -0.05) is 6.07 Å². The maximum atomic E-state index is 12.2. The smallest absolute Gasteiger partial charge is 0.311 e. The summed E-state index contributed by atoms with van der Waals surface area (Å²) < 4.78 is 5.01. The molecule has 2 N–H and O–H groups in total. The molecule has 2 rings (SSSR count). The van der Waals surface area contributed by atoms with E-state index in [0.717, 1.165) is 12.8 Å². The number of methoxy groups -OCH3 is 1. The fourth-order valence-electron chi connectivity index (χ4n) is 2.35. The second kappa shape index (κ2) is 6.09. The first kappa shape index (κ1) is 15.2. The van der Waals surface area contributed by atoms with Crippen molar-refractivity contribution in [2.45, 2.75) is 19.3 Å². The molecule has 0 atom stereocenters. The average Bonchev–Trinajstić information content (AvgIpc) is 3.24. The van der Waals surface area contributed by atoms with Crippen LogP contribution in [0.25, 0.3) is 0 Å². The summed E-state index contributed by atoms with van der Waals surface area (Å²) in [6.45, 7) is 0.550. The summed E-state index contributed by atoms with van der Waals surface area (Å²) in [6.07, 6.45) is 2.60. The number of aliphatic hydroxyl groups is 1. The van der Waals surface area contributed by atoms with Crippen LogP contribution in [0.3, 0.4) is 0 Å². The third-order valence-electron chi connectivity index (χ3n) is 3.86. The Hall–Kier alpha value is -2.15. The number of nitrogens with zero attached hydrogens (tertiary/aromatic N) is 1. The van der Waals surface area contributed by atoms with Gasteiger partial charge >= 0.3 is 5.69 Å². The molecule has 0 unspecified atom stereocenters. The molecule has 114 valence electrons. The molecule has 0 aromatic heterocycles. The first-order valence-electron chi connectivity index (χ1n) is 6.73. The molecule has 1 saturated carbocycles. The van der Waals surface area contributed by atoms with Gasteiger partial charge in [-0.25, -0.2) is 0 Å². The molecule has 1 aliphatic rings. The number of rotatable bonds is 7. The van der Waals surface area contributed by atoms with Crippen LogP contribution in [-0.4, -0.2) is 36.2 Å². The van der Waals surface area contributed by atoms with Crippen LogP contribution in [0.1, 0.15) is 29.6 Å². The Morgan fingerprint density at radius 3 is 2.76 bits per heavy atom. The van der Waals surface area contributed by atoms with Crippen LogP contribution in [0.4, 0.5) is 5.69 Å². The van der Waals surface area contributed by atoms with Crippen molar-refractivity contribution in [1.29, 1.82) is 0 Å². The van der Waals surface area contributed by atoms with Crippen molar-refractivity contribution < 1.29 is 19.6 Å². The SMILES string of the molecule is COc1c(C(=O)NCC2(CCO)CC2)cccc1[N+](=O)[O-]. The number of nitrogens with one attached hydrogen (secondary N) is 1. The first-order valence-corrected chi connectivity index (χ1v) is 6.73. The predicted molar refractivity (Wildman–Crippen MR) is 75.4 cm³/mol. The van der Waals surface area contributed by atoms with Crippen LogP contribution < -0.4 is 10.1 Å². The first-order chi connectivity index (χ1) is 10.0. The Bertz CT molecular complexity index is 554. The highest BCUT2D eigenvalue weighted by Crippen LogP contribution is 2.48. The number of nitro benzene ring substituents is 1. The zero-order chi connectivity index (χ0) is 15.5. The lowest BCUT2D eigenvalue weighted by Gasteiger charge is -2.15. The summed E-state index contributed by atoms with van der Waals surface area (Å²) in [7, 11) is 1.30. The third kappa shape index (κ3) is 3.30. The van der Waals surface area contributed by atoms with Gasteiger partial charge in [-0.05, 0) is 30.7 Å². The van der Waals surface area contributed by atoms with Gasteiger partial charge in [-0.3, -0.25) is 14.9 Å². The van der Waals surface area contributed by atoms with Crippen molar-refractivity contribution >= 4 is 11.6 Å². The number of amides is 1. The fraction of sp³-hybridized carbons (Fsp3) is 0.500. The Kier molecular flexibility index (Phi) is 4.42. The number of nitro groups is 1. The van der Waals surface area contributed by atoms with Crippen molar-refractivity contribution in [1.82, 2.24) is 5.32 Å². The van der Waals surface area contributed by atoms with E-state index < -0.39 is 10.8 Å². The second-order valence-electron chi connectivity index (χ2n) is 5.27. The van der Waals surface area contributed by atoms with Crippen LogP contribution in [0, 0.1) is 15.5 Å². The zero-order valence-corrected chi connectivity index (χ0v) is 11.8. The van der Waals surface area contributed by atoms with E-state index in [1.165, 1.54) is 25.3 Å². The average molecular weight is 294 g/mol. The van der Waals surface area contributed by atoms with Gasteiger partial charge in [0.2, 0.25) is 5.75 Å². The maximum absolute atomic E-state index is 12.2. The normalized spacial score (nSPS) is 15.3. The molecule has 0 bridgehead atoms. The van der Waals surface area contributed by atoms with Gasteiger partial charge in [0, 0.05) is 19.2 Å². The molecule has 7 heteroatoms. The molecule has 0 aliphatic heterocycles. The molecule has 0 saturated heterocycles. The van der Waals surface area contributed by atoms with Crippen molar-refractivity contribution in [3.05, 3.63) is 33.9 Å². The van der Waals surface area contributed by atoms with Crippen molar-refractivity contribution in [2.24, 2.45) is 5.41 Å². The van der Waals surface area contributed by atoms with Gasteiger partial charge in [0.05, 0.1) is 17.6 Å². The van der Waals surface area contributed by atoms with E-state index in [0.29, 0.717) is 13.0 Å². The van der Waals surface area contributed by atoms with Crippen LogP contribution in [-0.2, 0) is 0 Å². The number of carbonyl (C=O) groups excluding carboxylic acids is 1. The van der Waals surface area contributed by atoms with Crippen molar-refractivity contribution in [3.63, 3.8) is 0 Å². The predicted octanol–water partition coefficient (Wildman–Crippen LogP) is 1.50. The lowest BCUT2D eigenvalue weighted by molar-refractivity contribution is -0.385. The molecule has 0 spiro atoms. The molecule has 1 aromatic carbocycles. The van der Waals surface area contributed by atoms with Crippen molar-refractivity contribution in [2.75, 3.05) is 20.3 Å². The summed E-state index contributed by atoms with van der Waals surface area (Å²) in [5.74, 6) is -0.438. The maximum Gasteiger partial charge on any atom is 0.311 e. The standard InChI is InChI=1S/C14H18N2O5/c1-21-12-10(3-2-4-11(12)16(19)20)13(18)15-9-14(5-6-14)7-8-17/h2-4,17H,5-9H2,1H3,(H,15,18). The van der Waals surface area contributed by atoms with Crippen LogP contribution in [0.2, 0.25) is 0 Å². The van der Waals surface area contributed by atoms with Crippen molar-refractivity contribution in [3.8, 4) is 5.75 Å². The van der Waals surface area contributed by atoms with E-state index in [2.05, 4.69) is 5.32 Å². The molecule has 0 radical (unpaired) electrons. The number of hydrogen-bond acceptors (Lipinski definition) is 5. The Morgan fingerprint density at radius 1 is 1.52 bits per heavy atom. The molecule has 1 fully saturated rings. The van der Waals surface area contributed by atoms with E-state index >= 15 is 0 Å². The van der Waals surface area contributed by atoms with Gasteiger partial charge in [0.25, 0.3) is 5.91 Å². The van der Waals surface area contributed by atoms with E-state index in [4.69, 9.17) is 9.84 Å². The van der Waals surface area contributed by atoms with E-state index in [1.54, 1.807) is 0 Å². The molecule has 1 aliphatic carbocycles. The van der Waals surface area contributed by atoms with E-state index in [9.17, 15) is 14.9 Å². The highest BCUT2D eigenvalue weighted by atomic mass is 16.6. The fourth-order valence-corrected chi connectivity index (χ4v) is 2.35. The topological polar surface area (TPSA) is 102 Å². The number of aliphatic hydroxyl groups excluding tert-OH is 1. The number of hydrogen-bond donors (Lipinski definition) is 2. The largest absolute Gasteiger partial charge is 0.490 e. The number of para-hydroxylation sites is 1. The highest BCUT2D eigenvalue weighted by Gasteiger charge is 2.42. The summed E-state index contributed by atoms with van der Waals surface area (Å²) in [4.78, 5) is 22.6. The van der Waals surface area contributed by atoms with Crippen LogP contribution >= 0.6 is 0 Å². The lowest BCUT2D eigenvalue weighted by atomic mass is 10.0. The quantitative estimate of drug-likeness (QED) is 0.586. The molecular formula is C14H18N2O5. The molecule has 0 heterocycles. The lowest BCUT2D eigenvalue weighted by Crippen LogP contribution is -2.31. The molecule has 7 nitrogen and oxygen atoms in total. The van der Waals surface area contributed by atoms with E-state index in [1.807, 2.05) is 0 Å². The molecule has 21 heavy (non-hydrogen) atoms. The van der Waals surface area contributed by atoms with E-state index in [-0.39, 0.29) is 29.0 Å². The minimum absolute atomic E-state index is 0.0155. The summed E-state index contributed by atoms with van der Waals surface area (Å²) in [6, 6.07) is 4.24. The van der Waals surface area contributed by atoms with Gasteiger partial charge in [0.1, 0.15) is 0 Å². The monoisotopic (exact) mass is 294 g/mol. The number of ether oxygens (including phenoxy) is 1. The van der Waals surface area contributed by atoms with Gasteiger partial charge in [0.15, 0.2) is 0 Å². The second-order valence-corrected chi connectivity index (χ2v) is 5.27. The summed E-state index contributed by atoms with van der Waals surface area (Å²) in [5, 5.41) is 22.7. The van der Waals surface area contributed by atoms with Crippen LogP contribution in [0.5, 0.6) is 5.75 Å². The Labute approximate surface area is 122 Å². The summed E-state index contributed by atoms with van der Waals surface area (Å²) >= 11 is 0. The summed E-state index contributed by atoms with van der Waals surface area (Å²) in [5.41, 5.74) is -0.105. The number of benzene rings is 1. The molecule has 1 amide bonds. The van der Waals surface area contributed by atoms with Crippen LogP contribution in [0.15, 0.2) is 18.2 Å². The zero-order valence-electron chi connectivity index (χ0n) is 11.8. The molecular weight excluding hydrogens is 276 g/mol.